The fraction of sp³-hybridized carbons (Fsp3) is 0.917. The Balaban J connectivity index is 3.28. The first-order valence-corrected chi connectivity index (χ1v) is 5.96. The summed E-state index contributed by atoms with van der Waals surface area (Å²) >= 11 is 0. The summed E-state index contributed by atoms with van der Waals surface area (Å²) in [6.45, 7) is 10.7. The normalized spacial score (nSPS) is 11.5. The zero-order chi connectivity index (χ0) is 12.4. The second-order valence-electron chi connectivity index (χ2n) is 4.64. The summed E-state index contributed by atoms with van der Waals surface area (Å²) in [4.78, 5) is 11.3. The van der Waals surface area contributed by atoms with Crippen molar-refractivity contribution in [3.05, 3.63) is 0 Å². The van der Waals surface area contributed by atoms with E-state index in [1.54, 1.807) is 0 Å². The van der Waals surface area contributed by atoms with Crippen LogP contribution in [0.5, 0.6) is 0 Å². The number of carbonyl (C=O) groups excluding carboxylic acids is 1. The first-order valence-electron chi connectivity index (χ1n) is 5.96. The molecule has 0 aliphatic rings. The smallest absolute Gasteiger partial charge is 0.307 e. The second kappa shape index (κ2) is 8.53. The van der Waals surface area contributed by atoms with Gasteiger partial charge in [-0.25, -0.2) is 0 Å². The maximum atomic E-state index is 11.3. The number of nitrogens with one attached hydrogen (secondary N) is 1. The van der Waals surface area contributed by atoms with E-state index in [9.17, 15) is 4.79 Å². The van der Waals surface area contributed by atoms with Crippen molar-refractivity contribution in [2.24, 2.45) is 0 Å². The lowest BCUT2D eigenvalue weighted by Gasteiger charge is -2.19. The van der Waals surface area contributed by atoms with E-state index in [0.717, 1.165) is 26.2 Å². The van der Waals surface area contributed by atoms with Crippen molar-refractivity contribution in [3.8, 4) is 0 Å². The highest BCUT2D eigenvalue weighted by atomic mass is 16.6. The Kier molecular flexibility index (Phi) is 8.21. The van der Waals surface area contributed by atoms with Gasteiger partial charge in [0.05, 0.1) is 6.42 Å². The van der Waals surface area contributed by atoms with E-state index in [1.807, 2.05) is 27.7 Å². The summed E-state index contributed by atoms with van der Waals surface area (Å²) in [5.74, 6) is -0.148. The third-order valence-corrected chi connectivity index (χ3v) is 1.77. The van der Waals surface area contributed by atoms with Gasteiger partial charge in [-0.2, -0.15) is 0 Å². The van der Waals surface area contributed by atoms with Crippen LogP contribution >= 0.6 is 0 Å². The van der Waals surface area contributed by atoms with Gasteiger partial charge in [0.15, 0.2) is 0 Å². The van der Waals surface area contributed by atoms with E-state index >= 15 is 0 Å². The van der Waals surface area contributed by atoms with Crippen LogP contribution < -0.4 is 5.32 Å². The van der Waals surface area contributed by atoms with E-state index < -0.39 is 0 Å². The number of hydrogen-bond acceptors (Lipinski definition) is 4. The standard InChI is InChI=1S/C12H25NO3/c1-5-15-10-6-8-13-9-7-11(14)16-12(2,3)4/h13H,5-10H2,1-4H3. The Hall–Kier alpha value is -0.610. The minimum Gasteiger partial charge on any atom is -0.460 e. The molecule has 0 bridgehead atoms. The third-order valence-electron chi connectivity index (χ3n) is 1.77. The number of esters is 1. The molecule has 4 heteroatoms. The van der Waals surface area contributed by atoms with Gasteiger partial charge in [0.2, 0.25) is 0 Å². The SMILES string of the molecule is CCOCCCNCCC(=O)OC(C)(C)C. The summed E-state index contributed by atoms with van der Waals surface area (Å²) in [5.41, 5.74) is -0.383. The van der Waals surface area contributed by atoms with Crippen LogP contribution in [0.2, 0.25) is 0 Å². The van der Waals surface area contributed by atoms with Crippen LogP contribution in [0, 0.1) is 0 Å². The fourth-order valence-corrected chi connectivity index (χ4v) is 1.15. The molecule has 0 saturated heterocycles. The topological polar surface area (TPSA) is 47.6 Å². The largest absolute Gasteiger partial charge is 0.460 e. The first kappa shape index (κ1) is 15.4. The average Bonchev–Trinajstić information content (AvgIpc) is 2.13. The average molecular weight is 231 g/mol. The molecule has 0 rings (SSSR count). The molecular weight excluding hydrogens is 206 g/mol. The molecule has 0 spiro atoms. The van der Waals surface area contributed by atoms with Crippen LogP contribution in [-0.4, -0.2) is 37.9 Å². The predicted molar refractivity (Wildman–Crippen MR) is 64.4 cm³/mol. The van der Waals surface area contributed by atoms with Gasteiger partial charge in [-0.05, 0) is 40.7 Å². The van der Waals surface area contributed by atoms with Crippen molar-refractivity contribution >= 4 is 5.97 Å². The lowest BCUT2D eigenvalue weighted by molar-refractivity contribution is -0.154. The molecular formula is C12H25NO3. The molecule has 4 nitrogen and oxygen atoms in total. The van der Waals surface area contributed by atoms with E-state index in [-0.39, 0.29) is 11.6 Å². The van der Waals surface area contributed by atoms with Gasteiger partial charge in [0, 0.05) is 19.8 Å². The summed E-state index contributed by atoms with van der Waals surface area (Å²) < 4.78 is 10.4. The fourth-order valence-electron chi connectivity index (χ4n) is 1.15. The summed E-state index contributed by atoms with van der Waals surface area (Å²) in [6.07, 6.45) is 1.40. The van der Waals surface area contributed by atoms with E-state index in [2.05, 4.69) is 5.32 Å². The van der Waals surface area contributed by atoms with E-state index in [0.29, 0.717) is 13.0 Å². The monoisotopic (exact) mass is 231 g/mol. The highest BCUT2D eigenvalue weighted by Gasteiger charge is 2.15. The molecule has 96 valence electrons. The summed E-state index contributed by atoms with van der Waals surface area (Å²) in [5, 5.41) is 3.18. The number of ether oxygens (including phenoxy) is 2. The molecule has 0 aromatic rings. The second-order valence-corrected chi connectivity index (χ2v) is 4.64. The molecule has 0 saturated carbocycles. The lowest BCUT2D eigenvalue weighted by Crippen LogP contribution is -2.27. The van der Waals surface area contributed by atoms with E-state index in [4.69, 9.17) is 9.47 Å². The molecule has 0 aliphatic heterocycles. The van der Waals surface area contributed by atoms with Gasteiger partial charge in [-0.3, -0.25) is 4.79 Å². The first-order chi connectivity index (χ1) is 7.45. The Bertz CT molecular complexity index is 187. The van der Waals surface area contributed by atoms with Gasteiger partial charge >= 0.3 is 5.97 Å². The quantitative estimate of drug-likeness (QED) is 0.510. The van der Waals surface area contributed by atoms with Crippen LogP contribution in [0.15, 0.2) is 0 Å². The van der Waals surface area contributed by atoms with Crippen LogP contribution in [-0.2, 0) is 14.3 Å². The van der Waals surface area contributed by atoms with Crippen molar-refractivity contribution in [1.29, 1.82) is 0 Å². The van der Waals surface area contributed by atoms with E-state index in [1.165, 1.54) is 0 Å². The van der Waals surface area contributed by atoms with Crippen LogP contribution in [0.1, 0.15) is 40.5 Å². The lowest BCUT2D eigenvalue weighted by atomic mass is 10.2. The summed E-state index contributed by atoms with van der Waals surface area (Å²) in [7, 11) is 0. The molecule has 0 aromatic heterocycles. The highest BCUT2D eigenvalue weighted by Crippen LogP contribution is 2.07. The Morgan fingerprint density at radius 3 is 2.50 bits per heavy atom. The number of rotatable bonds is 8. The zero-order valence-corrected chi connectivity index (χ0v) is 11.0. The maximum Gasteiger partial charge on any atom is 0.307 e. The molecule has 0 fully saturated rings. The molecule has 0 heterocycles. The summed E-state index contributed by atoms with van der Waals surface area (Å²) in [6, 6.07) is 0. The highest BCUT2D eigenvalue weighted by molar-refractivity contribution is 5.70. The molecule has 0 aromatic carbocycles. The molecule has 0 atom stereocenters. The van der Waals surface area contributed by atoms with Crippen LogP contribution in [0.3, 0.4) is 0 Å². The van der Waals surface area contributed by atoms with Gasteiger partial charge in [0.25, 0.3) is 0 Å². The Labute approximate surface area is 98.7 Å². The molecule has 1 N–H and O–H groups in total. The molecule has 16 heavy (non-hydrogen) atoms. The predicted octanol–water partition coefficient (Wildman–Crippen LogP) is 1.73. The van der Waals surface area contributed by atoms with Gasteiger partial charge in [-0.15, -0.1) is 0 Å². The molecule has 0 amide bonds. The van der Waals surface area contributed by atoms with Crippen molar-refractivity contribution in [2.45, 2.75) is 46.1 Å². The molecule has 0 radical (unpaired) electrons. The van der Waals surface area contributed by atoms with Gasteiger partial charge in [0.1, 0.15) is 5.60 Å². The number of hydrogen-bond donors (Lipinski definition) is 1. The van der Waals surface area contributed by atoms with Crippen molar-refractivity contribution in [2.75, 3.05) is 26.3 Å². The molecule has 0 aliphatic carbocycles. The van der Waals surface area contributed by atoms with Crippen LogP contribution in [0.4, 0.5) is 0 Å². The number of carbonyl (C=O) groups is 1. The Morgan fingerprint density at radius 1 is 1.25 bits per heavy atom. The maximum absolute atomic E-state index is 11.3. The minimum absolute atomic E-state index is 0.148. The molecule has 0 unspecified atom stereocenters. The van der Waals surface area contributed by atoms with Gasteiger partial charge < -0.3 is 14.8 Å². The Morgan fingerprint density at radius 2 is 1.94 bits per heavy atom. The van der Waals surface area contributed by atoms with Crippen LogP contribution in [0.25, 0.3) is 0 Å². The minimum atomic E-state index is -0.383. The van der Waals surface area contributed by atoms with Crippen molar-refractivity contribution < 1.29 is 14.3 Å². The zero-order valence-electron chi connectivity index (χ0n) is 11.0. The third kappa shape index (κ3) is 11.5. The van der Waals surface area contributed by atoms with Gasteiger partial charge in [-0.1, -0.05) is 0 Å². The van der Waals surface area contributed by atoms with Crippen molar-refractivity contribution in [3.63, 3.8) is 0 Å². The van der Waals surface area contributed by atoms with Crippen molar-refractivity contribution in [1.82, 2.24) is 5.32 Å².